The Kier molecular flexibility index (Phi) is 5.82. The Labute approximate surface area is 172 Å². The average molecular weight is 377 g/mol. The van der Waals surface area contributed by atoms with Crippen molar-refractivity contribution in [1.29, 1.82) is 0 Å². The first-order valence-corrected chi connectivity index (χ1v) is 9.91. The maximum Gasteiger partial charge on any atom is 0.0868 e. The zero-order valence-corrected chi connectivity index (χ0v) is 16.5. The molecule has 0 unspecified atom stereocenters. The van der Waals surface area contributed by atoms with E-state index in [1.807, 2.05) is 30.3 Å². The molecule has 0 spiro atoms. The number of hydrogen-bond donors (Lipinski definition) is 1. The van der Waals surface area contributed by atoms with Gasteiger partial charge in [0.2, 0.25) is 0 Å². The van der Waals surface area contributed by atoms with Crippen LogP contribution in [0.25, 0.3) is 0 Å². The quantitative estimate of drug-likeness (QED) is 0.359. The third-order valence-electron chi connectivity index (χ3n) is 4.90. The van der Waals surface area contributed by atoms with E-state index in [0.29, 0.717) is 0 Å². The van der Waals surface area contributed by atoms with Crippen molar-refractivity contribution in [2.75, 3.05) is 5.32 Å². The number of anilines is 1. The van der Waals surface area contributed by atoms with Gasteiger partial charge in [0.05, 0.1) is 17.1 Å². The van der Waals surface area contributed by atoms with Gasteiger partial charge in [-0.25, -0.2) is 4.99 Å². The molecular weight excluding hydrogens is 352 g/mol. The number of rotatable bonds is 6. The number of para-hydroxylation sites is 2. The Morgan fingerprint density at radius 3 is 1.69 bits per heavy atom. The molecule has 0 amide bonds. The summed E-state index contributed by atoms with van der Waals surface area (Å²) in [6.07, 6.45) is 0. The van der Waals surface area contributed by atoms with Crippen LogP contribution < -0.4 is 5.32 Å². The zero-order valence-electron chi connectivity index (χ0n) is 16.5. The average Bonchev–Trinajstić information content (AvgIpc) is 2.80. The first kappa shape index (κ1) is 18.7. The molecule has 142 valence electrons. The molecule has 29 heavy (non-hydrogen) atoms. The lowest BCUT2D eigenvalue weighted by Crippen LogP contribution is -2.07. The molecule has 0 aromatic heterocycles. The minimum atomic E-state index is 0.185. The van der Waals surface area contributed by atoms with Crippen molar-refractivity contribution < 1.29 is 0 Å². The summed E-state index contributed by atoms with van der Waals surface area (Å²) in [4.78, 5) is 5.10. The lowest BCUT2D eigenvalue weighted by Gasteiger charge is -2.18. The summed E-state index contributed by atoms with van der Waals surface area (Å²) >= 11 is 0. The van der Waals surface area contributed by atoms with E-state index in [4.69, 9.17) is 4.99 Å². The Morgan fingerprint density at radius 1 is 0.621 bits per heavy atom. The normalized spacial score (nSPS) is 11.5. The number of hydrogen-bond acceptors (Lipinski definition) is 2. The minimum absolute atomic E-state index is 0.185. The van der Waals surface area contributed by atoms with Gasteiger partial charge in [-0.1, -0.05) is 103 Å². The highest BCUT2D eigenvalue weighted by Crippen LogP contribution is 2.30. The highest BCUT2D eigenvalue weighted by atomic mass is 14.9. The van der Waals surface area contributed by atoms with Gasteiger partial charge in [-0.05, 0) is 24.6 Å². The van der Waals surface area contributed by atoms with Gasteiger partial charge in [0.25, 0.3) is 0 Å². The third kappa shape index (κ3) is 4.61. The van der Waals surface area contributed by atoms with Gasteiger partial charge in [0, 0.05) is 17.2 Å². The Hall–Kier alpha value is -3.65. The van der Waals surface area contributed by atoms with Crippen LogP contribution in [-0.2, 0) is 0 Å². The smallest absolute Gasteiger partial charge is 0.0868 e. The van der Waals surface area contributed by atoms with Crippen LogP contribution in [0, 0.1) is 0 Å². The maximum absolute atomic E-state index is 5.10. The predicted molar refractivity (Wildman–Crippen MR) is 123 cm³/mol. The molecule has 1 N–H and O–H groups in total. The molecule has 0 radical (unpaired) electrons. The van der Waals surface area contributed by atoms with Crippen LogP contribution in [0.4, 0.5) is 11.4 Å². The molecule has 4 aromatic carbocycles. The van der Waals surface area contributed by atoms with E-state index in [0.717, 1.165) is 28.2 Å². The molecule has 0 aliphatic rings. The molecular formula is C27H24N2. The molecule has 0 saturated carbocycles. The second-order valence-electron chi connectivity index (χ2n) is 6.99. The first-order valence-electron chi connectivity index (χ1n) is 9.91. The number of aliphatic imine (C=N–C) groups is 1. The van der Waals surface area contributed by atoms with Crippen LogP contribution in [0.3, 0.4) is 0 Å². The molecule has 4 aromatic rings. The fourth-order valence-corrected chi connectivity index (χ4v) is 3.36. The summed E-state index contributed by atoms with van der Waals surface area (Å²) in [5.74, 6) is 0. The Morgan fingerprint density at radius 2 is 1.10 bits per heavy atom. The third-order valence-corrected chi connectivity index (χ3v) is 4.90. The molecule has 1 atom stereocenters. The molecule has 0 fully saturated rings. The van der Waals surface area contributed by atoms with E-state index in [1.54, 1.807) is 0 Å². The van der Waals surface area contributed by atoms with Crippen molar-refractivity contribution in [3.8, 4) is 0 Å². The first-order chi connectivity index (χ1) is 14.3. The summed E-state index contributed by atoms with van der Waals surface area (Å²) in [5, 5.41) is 3.63. The van der Waals surface area contributed by atoms with Gasteiger partial charge in [-0.3, -0.25) is 0 Å². The molecule has 0 saturated heterocycles. The van der Waals surface area contributed by atoms with Crippen LogP contribution in [0.2, 0.25) is 0 Å². The van der Waals surface area contributed by atoms with E-state index in [-0.39, 0.29) is 6.04 Å². The van der Waals surface area contributed by atoms with Crippen LogP contribution in [0.5, 0.6) is 0 Å². The van der Waals surface area contributed by atoms with Gasteiger partial charge >= 0.3 is 0 Å². The monoisotopic (exact) mass is 376 g/mol. The van der Waals surface area contributed by atoms with Crippen LogP contribution in [0.15, 0.2) is 120 Å². The van der Waals surface area contributed by atoms with Gasteiger partial charge in [-0.2, -0.15) is 0 Å². The van der Waals surface area contributed by atoms with Crippen LogP contribution >= 0.6 is 0 Å². The highest BCUT2D eigenvalue weighted by Gasteiger charge is 2.11. The van der Waals surface area contributed by atoms with Crippen molar-refractivity contribution in [1.82, 2.24) is 0 Å². The summed E-state index contributed by atoms with van der Waals surface area (Å²) in [7, 11) is 0. The SMILES string of the molecule is C[C@H](Nc1ccccc1N=C(c1ccccc1)c1ccccc1)c1ccccc1. The number of nitrogens with zero attached hydrogens (tertiary/aromatic N) is 1. The van der Waals surface area contributed by atoms with Crippen molar-refractivity contribution in [2.45, 2.75) is 13.0 Å². The summed E-state index contributed by atoms with van der Waals surface area (Å²) < 4.78 is 0. The Balaban J connectivity index is 1.74. The highest BCUT2D eigenvalue weighted by molar-refractivity contribution is 6.14. The lowest BCUT2D eigenvalue weighted by atomic mass is 10.0. The van der Waals surface area contributed by atoms with Gasteiger partial charge < -0.3 is 5.32 Å². The fraction of sp³-hybridized carbons (Fsp3) is 0.0741. The van der Waals surface area contributed by atoms with Crippen molar-refractivity contribution in [2.24, 2.45) is 4.99 Å². The van der Waals surface area contributed by atoms with E-state index in [9.17, 15) is 0 Å². The topological polar surface area (TPSA) is 24.4 Å². The van der Waals surface area contributed by atoms with E-state index in [1.165, 1.54) is 5.56 Å². The summed E-state index contributed by atoms with van der Waals surface area (Å²) in [6, 6.07) is 39.6. The molecule has 0 aliphatic carbocycles. The molecule has 4 rings (SSSR count). The lowest BCUT2D eigenvalue weighted by molar-refractivity contribution is 0.885. The van der Waals surface area contributed by atoms with E-state index in [2.05, 4.69) is 97.2 Å². The summed E-state index contributed by atoms with van der Waals surface area (Å²) in [5.41, 5.74) is 6.37. The van der Waals surface area contributed by atoms with Gasteiger partial charge in [0.15, 0.2) is 0 Å². The van der Waals surface area contributed by atoms with Crippen molar-refractivity contribution in [3.63, 3.8) is 0 Å². The van der Waals surface area contributed by atoms with E-state index < -0.39 is 0 Å². The molecule has 0 heterocycles. The van der Waals surface area contributed by atoms with Crippen molar-refractivity contribution >= 4 is 17.1 Å². The maximum atomic E-state index is 5.10. The molecule has 2 heteroatoms. The summed E-state index contributed by atoms with van der Waals surface area (Å²) in [6.45, 7) is 2.17. The van der Waals surface area contributed by atoms with Crippen molar-refractivity contribution in [3.05, 3.63) is 132 Å². The fourth-order valence-electron chi connectivity index (χ4n) is 3.36. The predicted octanol–water partition coefficient (Wildman–Crippen LogP) is 7.03. The number of nitrogens with one attached hydrogen (secondary N) is 1. The van der Waals surface area contributed by atoms with Crippen LogP contribution in [0.1, 0.15) is 29.7 Å². The number of benzene rings is 4. The van der Waals surface area contributed by atoms with E-state index >= 15 is 0 Å². The standard InChI is InChI=1S/C27H24N2/c1-21(22-13-5-2-6-14-22)28-25-19-11-12-20-26(25)29-27(23-15-7-3-8-16-23)24-17-9-4-10-18-24/h2-21,28H,1H3/t21-/m0/s1. The van der Waals surface area contributed by atoms with Gasteiger partial charge in [-0.15, -0.1) is 0 Å². The van der Waals surface area contributed by atoms with Gasteiger partial charge in [0.1, 0.15) is 0 Å². The van der Waals surface area contributed by atoms with Crippen LogP contribution in [-0.4, -0.2) is 5.71 Å². The Bertz CT molecular complexity index is 1030. The second kappa shape index (κ2) is 9.03. The largest absolute Gasteiger partial charge is 0.377 e. The molecule has 0 aliphatic heterocycles. The minimum Gasteiger partial charge on any atom is -0.377 e. The molecule has 0 bridgehead atoms. The second-order valence-corrected chi connectivity index (χ2v) is 6.99. The zero-order chi connectivity index (χ0) is 19.9. The molecule has 2 nitrogen and oxygen atoms in total.